The first kappa shape index (κ1) is 14.2. The minimum atomic E-state index is 0.117. The number of aryl methyl sites for hydroxylation is 2. The third-order valence-electron chi connectivity index (χ3n) is 3.93. The summed E-state index contributed by atoms with van der Waals surface area (Å²) in [4.78, 5) is 0. The third-order valence-corrected chi connectivity index (χ3v) is 3.93. The Balaban J connectivity index is 2.25. The lowest BCUT2D eigenvalue weighted by Gasteiger charge is -2.15. The molecule has 0 saturated carbocycles. The lowest BCUT2D eigenvalue weighted by Crippen LogP contribution is -1.94. The number of nitrogen functional groups attached to an aromatic ring is 1. The molecule has 3 aromatic carbocycles. The fraction of sp³-hybridized carbons (Fsp3) is 0.100. The van der Waals surface area contributed by atoms with Gasteiger partial charge in [0, 0.05) is 5.56 Å². The molecule has 110 valence electrons. The summed E-state index contributed by atoms with van der Waals surface area (Å²) in [5.74, 6) is 0.117. The SMILES string of the molecule is Cc1ccc(-c2ccc(O)c(N)c2-c2ccc(C)cc2)cc1. The molecule has 3 aromatic rings. The van der Waals surface area contributed by atoms with Crippen LogP contribution in [0.3, 0.4) is 0 Å². The Morgan fingerprint density at radius 3 is 1.73 bits per heavy atom. The number of rotatable bonds is 2. The summed E-state index contributed by atoms with van der Waals surface area (Å²) < 4.78 is 0. The number of nitrogens with two attached hydrogens (primary N) is 1. The molecule has 3 rings (SSSR count). The van der Waals surface area contributed by atoms with E-state index in [9.17, 15) is 5.11 Å². The van der Waals surface area contributed by atoms with Gasteiger partial charge in [0.25, 0.3) is 0 Å². The molecule has 0 aromatic heterocycles. The van der Waals surface area contributed by atoms with Crippen LogP contribution in [0, 0.1) is 13.8 Å². The molecule has 0 radical (unpaired) electrons. The fourth-order valence-electron chi connectivity index (χ4n) is 2.61. The summed E-state index contributed by atoms with van der Waals surface area (Å²) in [7, 11) is 0. The van der Waals surface area contributed by atoms with Crippen molar-refractivity contribution in [3.05, 3.63) is 71.8 Å². The van der Waals surface area contributed by atoms with Crippen LogP contribution in [0.2, 0.25) is 0 Å². The maximum Gasteiger partial charge on any atom is 0.139 e. The van der Waals surface area contributed by atoms with E-state index in [1.807, 2.05) is 18.2 Å². The van der Waals surface area contributed by atoms with Gasteiger partial charge in [-0.15, -0.1) is 0 Å². The first-order valence-corrected chi connectivity index (χ1v) is 7.32. The summed E-state index contributed by atoms with van der Waals surface area (Å²) in [6.07, 6.45) is 0. The van der Waals surface area contributed by atoms with Crippen LogP contribution in [0.1, 0.15) is 11.1 Å². The standard InChI is InChI=1S/C20H19NO/c1-13-3-7-15(8-4-13)17-11-12-18(22)20(21)19(17)16-9-5-14(2)6-10-16/h3-12,22H,21H2,1-2H3. The Labute approximate surface area is 130 Å². The van der Waals surface area contributed by atoms with E-state index in [1.54, 1.807) is 6.07 Å². The molecule has 0 bridgehead atoms. The van der Waals surface area contributed by atoms with E-state index in [0.717, 1.165) is 22.3 Å². The summed E-state index contributed by atoms with van der Waals surface area (Å²) in [5, 5.41) is 10.0. The highest BCUT2D eigenvalue weighted by molar-refractivity contribution is 5.93. The smallest absolute Gasteiger partial charge is 0.139 e. The molecule has 2 heteroatoms. The second kappa shape index (κ2) is 5.57. The number of anilines is 1. The Kier molecular flexibility index (Phi) is 3.60. The van der Waals surface area contributed by atoms with Crippen LogP contribution in [0.25, 0.3) is 22.3 Å². The zero-order valence-corrected chi connectivity index (χ0v) is 12.8. The molecule has 0 unspecified atom stereocenters. The monoisotopic (exact) mass is 289 g/mol. The van der Waals surface area contributed by atoms with Crippen molar-refractivity contribution in [2.45, 2.75) is 13.8 Å². The van der Waals surface area contributed by atoms with Gasteiger partial charge in [0.1, 0.15) is 5.75 Å². The average molecular weight is 289 g/mol. The van der Waals surface area contributed by atoms with Gasteiger partial charge in [-0.25, -0.2) is 0 Å². The van der Waals surface area contributed by atoms with Crippen LogP contribution >= 0.6 is 0 Å². The lowest BCUT2D eigenvalue weighted by molar-refractivity contribution is 0.478. The van der Waals surface area contributed by atoms with Crippen LogP contribution in [0.15, 0.2) is 60.7 Å². The van der Waals surface area contributed by atoms with Gasteiger partial charge in [0.05, 0.1) is 5.69 Å². The van der Waals surface area contributed by atoms with Gasteiger partial charge in [-0.05, 0) is 42.7 Å². The van der Waals surface area contributed by atoms with Crippen LogP contribution in [-0.2, 0) is 0 Å². The van der Waals surface area contributed by atoms with Gasteiger partial charge in [0.15, 0.2) is 0 Å². The van der Waals surface area contributed by atoms with Crippen molar-refractivity contribution in [1.29, 1.82) is 0 Å². The van der Waals surface area contributed by atoms with Crippen molar-refractivity contribution in [2.24, 2.45) is 0 Å². The number of hydrogen-bond donors (Lipinski definition) is 2. The van der Waals surface area contributed by atoms with Crippen molar-refractivity contribution in [2.75, 3.05) is 5.73 Å². The molecule has 0 amide bonds. The van der Waals surface area contributed by atoms with E-state index in [1.165, 1.54) is 11.1 Å². The van der Waals surface area contributed by atoms with Crippen molar-refractivity contribution < 1.29 is 5.11 Å². The van der Waals surface area contributed by atoms with Gasteiger partial charge >= 0.3 is 0 Å². The quantitative estimate of drug-likeness (QED) is 0.519. The summed E-state index contributed by atoms with van der Waals surface area (Å²) >= 11 is 0. The summed E-state index contributed by atoms with van der Waals surface area (Å²) in [5.41, 5.74) is 13.0. The van der Waals surface area contributed by atoms with Crippen molar-refractivity contribution in [1.82, 2.24) is 0 Å². The highest BCUT2D eigenvalue weighted by Gasteiger charge is 2.14. The van der Waals surface area contributed by atoms with Crippen LogP contribution in [-0.4, -0.2) is 5.11 Å². The van der Waals surface area contributed by atoms with Crippen LogP contribution in [0.5, 0.6) is 5.75 Å². The van der Waals surface area contributed by atoms with Gasteiger partial charge in [-0.1, -0.05) is 59.7 Å². The Hall–Kier alpha value is -2.74. The number of benzene rings is 3. The van der Waals surface area contributed by atoms with Crippen LogP contribution < -0.4 is 5.73 Å². The van der Waals surface area contributed by atoms with E-state index >= 15 is 0 Å². The van der Waals surface area contributed by atoms with E-state index in [0.29, 0.717) is 5.69 Å². The second-order valence-electron chi connectivity index (χ2n) is 5.65. The molecular weight excluding hydrogens is 270 g/mol. The van der Waals surface area contributed by atoms with E-state index in [2.05, 4.69) is 50.2 Å². The zero-order chi connectivity index (χ0) is 15.7. The maximum absolute atomic E-state index is 10.0. The topological polar surface area (TPSA) is 46.2 Å². The van der Waals surface area contributed by atoms with Gasteiger partial charge in [0.2, 0.25) is 0 Å². The van der Waals surface area contributed by atoms with Gasteiger partial charge < -0.3 is 10.8 Å². The third kappa shape index (κ3) is 2.56. The second-order valence-corrected chi connectivity index (χ2v) is 5.65. The Morgan fingerprint density at radius 2 is 1.18 bits per heavy atom. The molecule has 0 fully saturated rings. The number of phenols is 1. The average Bonchev–Trinajstić information content (AvgIpc) is 2.52. The Bertz CT molecular complexity index is 802. The number of hydrogen-bond acceptors (Lipinski definition) is 2. The molecule has 2 nitrogen and oxygen atoms in total. The number of phenolic OH excluding ortho intramolecular Hbond substituents is 1. The van der Waals surface area contributed by atoms with Crippen molar-refractivity contribution in [3.63, 3.8) is 0 Å². The van der Waals surface area contributed by atoms with E-state index in [4.69, 9.17) is 5.73 Å². The normalized spacial score (nSPS) is 10.6. The molecule has 0 spiro atoms. The molecule has 0 aliphatic heterocycles. The van der Waals surface area contributed by atoms with Crippen LogP contribution in [0.4, 0.5) is 5.69 Å². The maximum atomic E-state index is 10.0. The first-order valence-electron chi connectivity index (χ1n) is 7.32. The number of aromatic hydroxyl groups is 1. The summed E-state index contributed by atoms with van der Waals surface area (Å²) in [6, 6.07) is 20.1. The molecule has 0 heterocycles. The summed E-state index contributed by atoms with van der Waals surface area (Å²) in [6.45, 7) is 4.12. The molecule has 0 aliphatic carbocycles. The highest BCUT2D eigenvalue weighted by Crippen LogP contribution is 2.40. The molecule has 0 atom stereocenters. The molecule has 22 heavy (non-hydrogen) atoms. The van der Waals surface area contributed by atoms with Crippen molar-refractivity contribution in [3.8, 4) is 28.0 Å². The van der Waals surface area contributed by atoms with Gasteiger partial charge in [-0.2, -0.15) is 0 Å². The highest BCUT2D eigenvalue weighted by atomic mass is 16.3. The molecule has 3 N–H and O–H groups in total. The fourth-order valence-corrected chi connectivity index (χ4v) is 2.61. The predicted molar refractivity (Wildman–Crippen MR) is 92.9 cm³/mol. The minimum Gasteiger partial charge on any atom is -0.506 e. The molecule has 0 saturated heterocycles. The van der Waals surface area contributed by atoms with E-state index < -0.39 is 0 Å². The zero-order valence-electron chi connectivity index (χ0n) is 12.8. The van der Waals surface area contributed by atoms with E-state index in [-0.39, 0.29) is 5.75 Å². The first-order chi connectivity index (χ1) is 10.6. The minimum absolute atomic E-state index is 0.117. The largest absolute Gasteiger partial charge is 0.506 e. The predicted octanol–water partition coefficient (Wildman–Crippen LogP) is 4.93. The van der Waals surface area contributed by atoms with Gasteiger partial charge in [-0.3, -0.25) is 0 Å². The molecular formula is C20H19NO. The lowest BCUT2D eigenvalue weighted by atomic mass is 9.92. The Morgan fingerprint density at radius 1 is 0.682 bits per heavy atom. The van der Waals surface area contributed by atoms with Crippen molar-refractivity contribution >= 4 is 5.69 Å². The molecule has 0 aliphatic rings.